The molecule has 1 rings (SSSR count). The summed E-state index contributed by atoms with van der Waals surface area (Å²) >= 11 is 0. The zero-order valence-corrected chi connectivity index (χ0v) is 12.2. The minimum Gasteiger partial charge on any atom is -0.381 e. The molecule has 0 aromatic heterocycles. The average Bonchev–Trinajstić information content (AvgIpc) is 2.25. The molecule has 0 atom stereocenters. The van der Waals surface area contributed by atoms with Crippen LogP contribution in [0.1, 0.15) is 44.9 Å². The van der Waals surface area contributed by atoms with Gasteiger partial charge in [0.25, 0.3) is 0 Å². The number of hydrogen-bond donors (Lipinski definition) is 1. The van der Waals surface area contributed by atoms with Crippen LogP contribution in [0.15, 0.2) is 0 Å². The molecule has 120 valence electrons. The number of hydrogen-bond acceptors (Lipinski definition) is 3. The standard InChI is InChI=1S/C12H22F3NO3S/c13-12(14,15)7-4-8-19-9-11(10-20(16,17)18)5-2-1-3-6-11/h1-10H2,(H2,16,17,18). The fraction of sp³-hybridized carbons (Fsp3) is 1.00. The van der Waals surface area contributed by atoms with Crippen LogP contribution in [0.2, 0.25) is 0 Å². The number of ether oxygens (including phenoxy) is 1. The van der Waals surface area contributed by atoms with E-state index in [1.807, 2.05) is 0 Å². The third-order valence-corrected chi connectivity index (χ3v) is 4.59. The van der Waals surface area contributed by atoms with Crippen molar-refractivity contribution in [2.75, 3.05) is 19.0 Å². The van der Waals surface area contributed by atoms with Crippen molar-refractivity contribution in [1.82, 2.24) is 0 Å². The van der Waals surface area contributed by atoms with Crippen LogP contribution in [0.5, 0.6) is 0 Å². The maximum atomic E-state index is 12.0. The largest absolute Gasteiger partial charge is 0.389 e. The lowest BCUT2D eigenvalue weighted by Crippen LogP contribution is -2.39. The third kappa shape index (κ3) is 7.44. The van der Waals surface area contributed by atoms with Gasteiger partial charge in [0.1, 0.15) is 0 Å². The Morgan fingerprint density at radius 2 is 1.75 bits per heavy atom. The molecule has 0 amide bonds. The summed E-state index contributed by atoms with van der Waals surface area (Å²) in [5.74, 6) is -0.154. The van der Waals surface area contributed by atoms with Gasteiger partial charge in [-0.1, -0.05) is 19.3 Å². The van der Waals surface area contributed by atoms with Crippen molar-refractivity contribution in [1.29, 1.82) is 0 Å². The topological polar surface area (TPSA) is 69.4 Å². The molecular weight excluding hydrogens is 295 g/mol. The van der Waals surface area contributed by atoms with Gasteiger partial charge >= 0.3 is 6.18 Å². The molecule has 0 spiro atoms. The van der Waals surface area contributed by atoms with Crippen LogP contribution in [0.25, 0.3) is 0 Å². The molecule has 20 heavy (non-hydrogen) atoms. The van der Waals surface area contributed by atoms with Crippen molar-refractivity contribution in [3.63, 3.8) is 0 Å². The van der Waals surface area contributed by atoms with Crippen LogP contribution in [0.4, 0.5) is 13.2 Å². The van der Waals surface area contributed by atoms with Crippen LogP contribution in [0, 0.1) is 5.41 Å². The Balaban J connectivity index is 2.42. The Morgan fingerprint density at radius 1 is 1.15 bits per heavy atom. The minimum absolute atomic E-state index is 0.00806. The van der Waals surface area contributed by atoms with Gasteiger partial charge < -0.3 is 4.74 Å². The van der Waals surface area contributed by atoms with Gasteiger partial charge in [-0.3, -0.25) is 0 Å². The fourth-order valence-corrected chi connectivity index (χ4v) is 3.95. The van der Waals surface area contributed by atoms with E-state index < -0.39 is 28.0 Å². The first-order valence-corrected chi connectivity index (χ1v) is 8.49. The zero-order chi connectivity index (χ0) is 15.3. The Bertz CT molecular complexity index is 389. The first-order chi connectivity index (χ1) is 9.12. The zero-order valence-electron chi connectivity index (χ0n) is 11.4. The van der Waals surface area contributed by atoms with E-state index in [1.165, 1.54) is 0 Å². The van der Waals surface area contributed by atoms with Crippen LogP contribution < -0.4 is 5.14 Å². The number of halogens is 3. The van der Waals surface area contributed by atoms with E-state index in [-0.39, 0.29) is 25.4 Å². The highest BCUT2D eigenvalue weighted by atomic mass is 32.2. The highest BCUT2D eigenvalue weighted by Gasteiger charge is 2.36. The van der Waals surface area contributed by atoms with Gasteiger partial charge in [-0.25, -0.2) is 13.6 Å². The molecular formula is C12H22F3NO3S. The van der Waals surface area contributed by atoms with Gasteiger partial charge in [-0.15, -0.1) is 0 Å². The van der Waals surface area contributed by atoms with E-state index in [0.29, 0.717) is 12.8 Å². The highest BCUT2D eigenvalue weighted by molar-refractivity contribution is 7.89. The molecule has 8 heteroatoms. The lowest BCUT2D eigenvalue weighted by molar-refractivity contribution is -0.138. The van der Waals surface area contributed by atoms with Crippen molar-refractivity contribution >= 4 is 10.0 Å². The van der Waals surface area contributed by atoms with Crippen molar-refractivity contribution < 1.29 is 26.3 Å². The van der Waals surface area contributed by atoms with Crippen LogP contribution in [0.3, 0.4) is 0 Å². The molecule has 0 aromatic carbocycles. The number of nitrogens with two attached hydrogens (primary N) is 1. The predicted octanol–water partition coefficient (Wildman–Crippen LogP) is 2.58. The van der Waals surface area contributed by atoms with Gasteiger partial charge in [0, 0.05) is 18.4 Å². The van der Waals surface area contributed by atoms with Crippen molar-refractivity contribution in [3.05, 3.63) is 0 Å². The smallest absolute Gasteiger partial charge is 0.381 e. The molecule has 1 aliphatic carbocycles. The second-order valence-corrected chi connectivity index (χ2v) is 7.25. The molecule has 0 aromatic rings. The quantitative estimate of drug-likeness (QED) is 0.734. The summed E-state index contributed by atoms with van der Waals surface area (Å²) in [6, 6.07) is 0. The second kappa shape index (κ2) is 7.09. The summed E-state index contributed by atoms with van der Waals surface area (Å²) < 4.78 is 63.8. The van der Waals surface area contributed by atoms with Crippen LogP contribution >= 0.6 is 0 Å². The van der Waals surface area contributed by atoms with E-state index >= 15 is 0 Å². The van der Waals surface area contributed by atoms with Gasteiger partial charge in [-0.2, -0.15) is 13.2 Å². The van der Waals surface area contributed by atoms with E-state index in [4.69, 9.17) is 9.88 Å². The van der Waals surface area contributed by atoms with Gasteiger partial charge in [-0.05, 0) is 19.3 Å². The molecule has 2 N–H and O–H groups in total. The SMILES string of the molecule is NS(=O)(=O)CC1(COCCCC(F)(F)F)CCCCC1. The molecule has 0 radical (unpaired) electrons. The molecule has 4 nitrogen and oxygen atoms in total. The summed E-state index contributed by atoms with van der Waals surface area (Å²) in [5.41, 5.74) is -0.524. The molecule has 1 aliphatic rings. The fourth-order valence-electron chi connectivity index (χ4n) is 2.72. The molecule has 0 aliphatic heterocycles. The summed E-state index contributed by atoms with van der Waals surface area (Å²) in [5, 5.41) is 5.11. The van der Waals surface area contributed by atoms with Crippen LogP contribution in [-0.2, 0) is 14.8 Å². The lowest BCUT2D eigenvalue weighted by atomic mass is 9.76. The molecule has 1 saturated carbocycles. The summed E-state index contributed by atoms with van der Waals surface area (Å²) in [6.07, 6.45) is -0.911. The first-order valence-electron chi connectivity index (χ1n) is 6.77. The highest BCUT2D eigenvalue weighted by Crippen LogP contribution is 2.37. The average molecular weight is 317 g/mol. The number of primary sulfonamides is 1. The Kier molecular flexibility index (Phi) is 6.27. The van der Waals surface area contributed by atoms with Crippen molar-refractivity contribution in [2.24, 2.45) is 10.6 Å². The van der Waals surface area contributed by atoms with E-state index in [2.05, 4.69) is 0 Å². The minimum atomic E-state index is -4.17. The molecule has 0 bridgehead atoms. The maximum absolute atomic E-state index is 12.0. The maximum Gasteiger partial charge on any atom is 0.389 e. The summed E-state index contributed by atoms with van der Waals surface area (Å²) in [7, 11) is -3.61. The molecule has 1 fully saturated rings. The molecule has 0 unspecified atom stereocenters. The van der Waals surface area contributed by atoms with Gasteiger partial charge in [0.15, 0.2) is 0 Å². The first kappa shape index (κ1) is 17.7. The number of rotatable bonds is 7. The number of alkyl halides is 3. The molecule has 0 heterocycles. The van der Waals surface area contributed by atoms with E-state index in [9.17, 15) is 21.6 Å². The molecule has 0 saturated heterocycles. The van der Waals surface area contributed by atoms with Crippen molar-refractivity contribution in [3.8, 4) is 0 Å². The predicted molar refractivity (Wildman–Crippen MR) is 69.6 cm³/mol. The Hall–Kier alpha value is -0.340. The monoisotopic (exact) mass is 317 g/mol. The summed E-state index contributed by atoms with van der Waals surface area (Å²) in [6.45, 7) is 0.160. The second-order valence-electron chi connectivity index (χ2n) is 5.64. The lowest BCUT2D eigenvalue weighted by Gasteiger charge is -2.36. The Morgan fingerprint density at radius 3 is 2.25 bits per heavy atom. The van der Waals surface area contributed by atoms with Crippen molar-refractivity contribution in [2.45, 2.75) is 51.1 Å². The van der Waals surface area contributed by atoms with E-state index in [1.54, 1.807) is 0 Å². The van der Waals surface area contributed by atoms with Gasteiger partial charge in [0.05, 0.1) is 12.4 Å². The third-order valence-electron chi connectivity index (χ3n) is 3.58. The van der Waals surface area contributed by atoms with E-state index in [0.717, 1.165) is 19.3 Å². The van der Waals surface area contributed by atoms with Crippen LogP contribution in [-0.4, -0.2) is 33.6 Å². The Labute approximate surface area is 117 Å². The summed E-state index contributed by atoms with van der Waals surface area (Å²) in [4.78, 5) is 0. The number of sulfonamides is 1. The normalized spacial score (nSPS) is 20.0. The van der Waals surface area contributed by atoms with Gasteiger partial charge in [0.2, 0.25) is 10.0 Å².